The second kappa shape index (κ2) is 9.27. The summed E-state index contributed by atoms with van der Waals surface area (Å²) in [6, 6.07) is 19.9. The monoisotopic (exact) mass is 433 g/mol. The first kappa shape index (κ1) is 20.4. The third-order valence-electron chi connectivity index (χ3n) is 4.38. The van der Waals surface area contributed by atoms with Crippen molar-refractivity contribution in [2.45, 2.75) is 0 Å². The molecule has 31 heavy (non-hydrogen) atoms. The normalized spacial score (nSPS) is 10.9. The van der Waals surface area contributed by atoms with E-state index < -0.39 is 5.97 Å². The van der Waals surface area contributed by atoms with E-state index in [4.69, 9.17) is 14.2 Å². The van der Waals surface area contributed by atoms with Crippen molar-refractivity contribution < 1.29 is 19.0 Å². The van der Waals surface area contributed by atoms with Crippen molar-refractivity contribution in [1.29, 1.82) is 0 Å². The second-order valence-corrected chi connectivity index (χ2v) is 7.39. The fourth-order valence-corrected chi connectivity index (χ4v) is 3.71. The van der Waals surface area contributed by atoms with Gasteiger partial charge < -0.3 is 14.2 Å². The van der Waals surface area contributed by atoms with Crippen molar-refractivity contribution in [3.63, 3.8) is 0 Å². The molecule has 0 saturated carbocycles. The molecule has 1 heterocycles. The molecule has 0 radical (unpaired) electrons. The van der Waals surface area contributed by atoms with Crippen LogP contribution in [-0.4, -0.2) is 31.4 Å². The third-order valence-corrected chi connectivity index (χ3v) is 5.33. The van der Waals surface area contributed by atoms with Crippen LogP contribution >= 0.6 is 11.3 Å². The van der Waals surface area contributed by atoms with E-state index in [0.717, 1.165) is 15.8 Å². The van der Waals surface area contributed by atoms with Gasteiger partial charge >= 0.3 is 5.97 Å². The largest absolute Gasteiger partial charge is 0.496 e. The number of anilines is 1. The fraction of sp³-hybridized carbons (Fsp3) is 0.0870. The highest BCUT2D eigenvalue weighted by Crippen LogP contribution is 2.30. The molecule has 4 rings (SSSR count). The van der Waals surface area contributed by atoms with E-state index in [9.17, 15) is 4.79 Å². The van der Waals surface area contributed by atoms with E-state index >= 15 is 0 Å². The number of para-hydroxylation sites is 2. The quantitative estimate of drug-likeness (QED) is 0.192. The number of hydrogen-bond donors (Lipinski definition) is 1. The van der Waals surface area contributed by atoms with E-state index in [1.165, 1.54) is 25.6 Å². The average molecular weight is 433 g/mol. The van der Waals surface area contributed by atoms with E-state index in [0.29, 0.717) is 27.9 Å². The van der Waals surface area contributed by atoms with Crippen LogP contribution in [0.5, 0.6) is 17.2 Å². The van der Waals surface area contributed by atoms with Crippen LogP contribution in [0.2, 0.25) is 0 Å². The van der Waals surface area contributed by atoms with Gasteiger partial charge in [0.1, 0.15) is 11.3 Å². The Morgan fingerprint density at radius 1 is 0.968 bits per heavy atom. The standard InChI is InChI=1S/C23H19N3O4S/c1-28-18-9-5-3-7-16(18)22(27)30-19-12-11-15(13-20(19)29-2)14-24-26-23-25-17-8-4-6-10-21(17)31-23/h3-14H,1-2H3,(H,25,26)/b24-14-. The maximum atomic E-state index is 12.5. The number of carbonyl (C=O) groups is 1. The Morgan fingerprint density at radius 2 is 1.74 bits per heavy atom. The van der Waals surface area contributed by atoms with Crippen LogP contribution in [0.4, 0.5) is 5.13 Å². The summed E-state index contributed by atoms with van der Waals surface area (Å²) in [5.74, 6) is 0.618. The molecular weight excluding hydrogens is 414 g/mol. The predicted octanol–water partition coefficient (Wildman–Crippen LogP) is 4.98. The molecule has 0 amide bonds. The summed E-state index contributed by atoms with van der Waals surface area (Å²) >= 11 is 1.52. The Kier molecular flexibility index (Phi) is 6.09. The van der Waals surface area contributed by atoms with Crippen LogP contribution in [0.15, 0.2) is 71.8 Å². The molecule has 1 aromatic heterocycles. The molecule has 8 heteroatoms. The van der Waals surface area contributed by atoms with Crippen LogP contribution in [0.3, 0.4) is 0 Å². The summed E-state index contributed by atoms with van der Waals surface area (Å²) in [4.78, 5) is 17.0. The molecular formula is C23H19N3O4S. The average Bonchev–Trinajstić information content (AvgIpc) is 3.22. The van der Waals surface area contributed by atoms with Crippen LogP contribution in [0, 0.1) is 0 Å². The molecule has 0 fully saturated rings. The van der Waals surface area contributed by atoms with Crippen LogP contribution in [0.1, 0.15) is 15.9 Å². The summed E-state index contributed by atoms with van der Waals surface area (Å²) in [5.41, 5.74) is 4.96. The minimum atomic E-state index is -0.533. The molecule has 0 aliphatic rings. The zero-order valence-electron chi connectivity index (χ0n) is 16.9. The number of benzene rings is 3. The number of aromatic nitrogens is 1. The van der Waals surface area contributed by atoms with Gasteiger partial charge in [-0.1, -0.05) is 35.6 Å². The van der Waals surface area contributed by atoms with Crippen LogP contribution in [-0.2, 0) is 0 Å². The van der Waals surface area contributed by atoms with Gasteiger partial charge in [0.25, 0.3) is 0 Å². The number of hydrazone groups is 1. The van der Waals surface area contributed by atoms with E-state index in [2.05, 4.69) is 15.5 Å². The summed E-state index contributed by atoms with van der Waals surface area (Å²) in [6.07, 6.45) is 1.64. The summed E-state index contributed by atoms with van der Waals surface area (Å²) in [7, 11) is 3.01. The molecule has 0 spiro atoms. The van der Waals surface area contributed by atoms with E-state index in [-0.39, 0.29) is 0 Å². The molecule has 3 aromatic carbocycles. The topological polar surface area (TPSA) is 82.0 Å². The number of ether oxygens (including phenoxy) is 3. The fourth-order valence-electron chi connectivity index (χ4n) is 2.90. The van der Waals surface area contributed by atoms with Crippen molar-refractivity contribution in [3.8, 4) is 17.2 Å². The van der Waals surface area contributed by atoms with Gasteiger partial charge in [-0.25, -0.2) is 9.78 Å². The first-order chi connectivity index (χ1) is 15.2. The number of hydrogen-bond acceptors (Lipinski definition) is 8. The van der Waals surface area contributed by atoms with Gasteiger partial charge in [-0.3, -0.25) is 5.43 Å². The lowest BCUT2D eigenvalue weighted by Crippen LogP contribution is -2.10. The molecule has 0 unspecified atom stereocenters. The Bertz CT molecular complexity index is 1220. The Balaban J connectivity index is 1.47. The highest BCUT2D eigenvalue weighted by atomic mass is 32.1. The molecule has 0 aliphatic carbocycles. The summed E-state index contributed by atoms with van der Waals surface area (Å²) in [5, 5.41) is 4.94. The Hall–Kier alpha value is -3.91. The number of nitrogens with zero attached hydrogens (tertiary/aromatic N) is 2. The third kappa shape index (κ3) is 4.65. The zero-order chi connectivity index (χ0) is 21.6. The Labute approximate surface area is 182 Å². The molecule has 0 saturated heterocycles. The SMILES string of the molecule is COc1cc(/C=N\Nc2nc3ccccc3s2)ccc1OC(=O)c1ccccc1OC. The van der Waals surface area contributed by atoms with Gasteiger partial charge in [-0.15, -0.1) is 0 Å². The van der Waals surface area contributed by atoms with Gasteiger partial charge in [0, 0.05) is 0 Å². The number of esters is 1. The Morgan fingerprint density at radius 3 is 2.55 bits per heavy atom. The highest BCUT2D eigenvalue weighted by Gasteiger charge is 2.16. The maximum absolute atomic E-state index is 12.5. The number of fused-ring (bicyclic) bond motifs is 1. The number of thiazole rings is 1. The maximum Gasteiger partial charge on any atom is 0.347 e. The lowest BCUT2D eigenvalue weighted by molar-refractivity contribution is 0.0726. The molecule has 156 valence electrons. The minimum absolute atomic E-state index is 0.301. The molecule has 1 N–H and O–H groups in total. The van der Waals surface area contributed by atoms with E-state index in [1.54, 1.807) is 48.7 Å². The number of rotatable bonds is 7. The van der Waals surface area contributed by atoms with Crippen molar-refractivity contribution in [2.75, 3.05) is 19.6 Å². The lowest BCUT2D eigenvalue weighted by atomic mass is 10.2. The summed E-state index contributed by atoms with van der Waals surface area (Å²) < 4.78 is 17.2. The van der Waals surface area contributed by atoms with Gasteiger partial charge in [0.05, 0.1) is 30.7 Å². The van der Waals surface area contributed by atoms with Crippen molar-refractivity contribution >= 4 is 38.9 Å². The smallest absolute Gasteiger partial charge is 0.347 e. The number of carbonyl (C=O) groups excluding carboxylic acids is 1. The van der Waals surface area contributed by atoms with Gasteiger partial charge in [0.15, 0.2) is 11.5 Å². The van der Waals surface area contributed by atoms with Crippen molar-refractivity contribution in [1.82, 2.24) is 4.98 Å². The zero-order valence-corrected chi connectivity index (χ0v) is 17.7. The van der Waals surface area contributed by atoms with Crippen molar-refractivity contribution in [2.24, 2.45) is 5.10 Å². The highest BCUT2D eigenvalue weighted by molar-refractivity contribution is 7.22. The van der Waals surface area contributed by atoms with Gasteiger partial charge in [-0.05, 0) is 48.0 Å². The predicted molar refractivity (Wildman–Crippen MR) is 122 cm³/mol. The second-order valence-electron chi connectivity index (χ2n) is 6.36. The molecule has 0 aliphatic heterocycles. The van der Waals surface area contributed by atoms with Crippen LogP contribution < -0.4 is 19.6 Å². The summed E-state index contributed by atoms with van der Waals surface area (Å²) in [6.45, 7) is 0. The van der Waals surface area contributed by atoms with Gasteiger partial charge in [-0.2, -0.15) is 5.10 Å². The van der Waals surface area contributed by atoms with Crippen LogP contribution in [0.25, 0.3) is 10.2 Å². The molecule has 0 atom stereocenters. The first-order valence-electron chi connectivity index (χ1n) is 9.36. The number of nitrogens with one attached hydrogen (secondary N) is 1. The van der Waals surface area contributed by atoms with Gasteiger partial charge in [0.2, 0.25) is 5.13 Å². The molecule has 0 bridgehead atoms. The minimum Gasteiger partial charge on any atom is -0.496 e. The first-order valence-corrected chi connectivity index (χ1v) is 10.2. The van der Waals surface area contributed by atoms with Crippen molar-refractivity contribution in [3.05, 3.63) is 77.9 Å². The number of methoxy groups -OCH3 is 2. The molecule has 7 nitrogen and oxygen atoms in total. The molecule has 4 aromatic rings. The lowest BCUT2D eigenvalue weighted by Gasteiger charge is -2.11. The van der Waals surface area contributed by atoms with E-state index in [1.807, 2.05) is 24.3 Å².